The van der Waals surface area contributed by atoms with E-state index >= 15 is 0 Å². The van der Waals surface area contributed by atoms with Gasteiger partial charge in [-0.1, -0.05) is 114 Å². The van der Waals surface area contributed by atoms with Gasteiger partial charge in [-0.3, -0.25) is 0 Å². The van der Waals surface area contributed by atoms with E-state index in [1.54, 1.807) is 11.3 Å². The van der Waals surface area contributed by atoms with Crippen molar-refractivity contribution in [2.24, 2.45) is 4.99 Å². The van der Waals surface area contributed by atoms with Gasteiger partial charge in [-0.25, -0.2) is 4.99 Å². The molecule has 0 spiro atoms. The molecule has 0 bridgehead atoms. The molecular weight excluding hydrogens is 581 g/mol. The van der Waals surface area contributed by atoms with Crippen LogP contribution in [0.1, 0.15) is 22.3 Å². The Kier molecular flexibility index (Phi) is 7.90. The molecule has 0 unspecified atom stereocenters. The van der Waals surface area contributed by atoms with Crippen molar-refractivity contribution < 1.29 is 5.11 Å². The third kappa shape index (κ3) is 5.86. The van der Waals surface area contributed by atoms with Gasteiger partial charge in [0.15, 0.2) is 4.80 Å². The van der Waals surface area contributed by atoms with Crippen LogP contribution in [0.5, 0.6) is 0 Å². The highest BCUT2D eigenvalue weighted by molar-refractivity contribution is 7.07. The molecule has 0 fully saturated rings. The van der Waals surface area contributed by atoms with Gasteiger partial charge in [0.2, 0.25) is 0 Å². The number of nitrogens with zero attached hydrogens (tertiary/aromatic N) is 3. The van der Waals surface area contributed by atoms with E-state index in [-0.39, 0.29) is 5.76 Å². The van der Waals surface area contributed by atoms with Crippen LogP contribution in [-0.4, -0.2) is 14.2 Å². The number of aliphatic hydroxyl groups is 1. The minimum absolute atomic E-state index is 0.0533. The minimum Gasteiger partial charge on any atom is -0.508 e. The predicted molar refractivity (Wildman–Crippen MR) is 177 cm³/mol. The van der Waals surface area contributed by atoms with Crippen LogP contribution in [-0.2, 0) is 13.1 Å². The molecule has 42 heavy (non-hydrogen) atoms. The number of aliphatic hydroxyl groups excluding tert-OH is 1. The van der Waals surface area contributed by atoms with E-state index in [0.717, 1.165) is 48.0 Å². The number of thiazole rings is 1. The zero-order valence-corrected chi connectivity index (χ0v) is 25.0. The summed E-state index contributed by atoms with van der Waals surface area (Å²) in [5, 5.41) is 12.9. The van der Waals surface area contributed by atoms with Gasteiger partial charge in [0.05, 0.1) is 32.2 Å². The topological polar surface area (TPSA) is 42.4 Å². The van der Waals surface area contributed by atoms with Crippen LogP contribution in [0, 0.1) is 0 Å². The highest BCUT2D eigenvalue weighted by Gasteiger charge is 2.10. The Morgan fingerprint density at radius 2 is 1.57 bits per heavy atom. The standard InChI is InChI=1S/C35H27Cl2N3OS/c1-23-34(19-28-22-39(33-11-7-6-10-30(28)33)20-26-14-17-31(36)32(37)18-26)42-35(38-29-8-4-3-5-9-29)40(23)21-25-12-15-27(16-13-25)24(2)41/h3-19,22,41H,1-2,20-21H2/b34-19-,38-35?. The summed E-state index contributed by atoms with van der Waals surface area (Å²) >= 11 is 14.1. The van der Waals surface area contributed by atoms with Crippen molar-refractivity contribution >= 4 is 69.5 Å². The summed E-state index contributed by atoms with van der Waals surface area (Å²) in [5.74, 6) is 0.0533. The Balaban J connectivity index is 1.47. The minimum atomic E-state index is 0.0533. The summed E-state index contributed by atoms with van der Waals surface area (Å²) in [4.78, 5) is 5.84. The molecule has 4 nitrogen and oxygen atoms in total. The Labute approximate surface area is 257 Å². The first-order valence-corrected chi connectivity index (χ1v) is 14.9. The third-order valence-corrected chi connectivity index (χ3v) is 8.90. The average Bonchev–Trinajstić information content (AvgIpc) is 3.48. The molecule has 0 aliphatic rings. The number of aromatic nitrogens is 2. The SMILES string of the molecule is C=C(O)c1ccc(Cn2c(=Nc3ccccc3)s/c(=C\c3cn(Cc4ccc(Cl)c(Cl)c4)c4ccccc34)c2=C)cc1. The fourth-order valence-corrected chi connectivity index (χ4v) is 6.28. The number of fused-ring (bicyclic) bond motifs is 1. The van der Waals surface area contributed by atoms with E-state index in [2.05, 4.69) is 58.8 Å². The molecule has 2 aromatic heterocycles. The molecule has 7 heteroatoms. The molecule has 0 amide bonds. The number of hydrogen-bond acceptors (Lipinski definition) is 3. The molecule has 0 aliphatic carbocycles. The van der Waals surface area contributed by atoms with E-state index in [1.165, 1.54) is 0 Å². The van der Waals surface area contributed by atoms with Crippen LogP contribution >= 0.6 is 34.5 Å². The molecule has 208 valence electrons. The number of halogens is 2. The van der Waals surface area contributed by atoms with Crippen molar-refractivity contribution in [2.75, 3.05) is 0 Å². The van der Waals surface area contributed by atoms with Gasteiger partial charge >= 0.3 is 0 Å². The quantitative estimate of drug-likeness (QED) is 0.184. The lowest BCUT2D eigenvalue weighted by Gasteiger charge is -2.06. The molecule has 0 radical (unpaired) electrons. The second kappa shape index (κ2) is 11.9. The van der Waals surface area contributed by atoms with Crippen LogP contribution in [0.3, 0.4) is 0 Å². The van der Waals surface area contributed by atoms with Crippen molar-refractivity contribution in [1.82, 2.24) is 9.13 Å². The van der Waals surface area contributed by atoms with Crippen LogP contribution in [0.15, 0.2) is 115 Å². The normalized spacial score (nSPS) is 12.3. The van der Waals surface area contributed by atoms with E-state index in [1.807, 2.05) is 72.8 Å². The number of rotatable bonds is 7. The largest absolute Gasteiger partial charge is 0.508 e. The van der Waals surface area contributed by atoms with Crippen molar-refractivity contribution in [2.45, 2.75) is 13.1 Å². The average molecular weight is 609 g/mol. The Morgan fingerprint density at radius 3 is 2.31 bits per heavy atom. The second-order valence-corrected chi connectivity index (χ2v) is 11.8. The summed E-state index contributed by atoms with van der Waals surface area (Å²) < 4.78 is 5.40. The summed E-state index contributed by atoms with van der Waals surface area (Å²) in [6, 6.07) is 31.8. The molecule has 6 rings (SSSR count). The molecule has 4 aromatic carbocycles. The summed E-state index contributed by atoms with van der Waals surface area (Å²) in [5.41, 5.74) is 5.95. The summed E-state index contributed by atoms with van der Waals surface area (Å²) in [6.45, 7) is 9.36. The van der Waals surface area contributed by atoms with Gasteiger partial charge in [0, 0.05) is 34.8 Å². The maximum Gasteiger partial charge on any atom is 0.191 e. The van der Waals surface area contributed by atoms with E-state index < -0.39 is 0 Å². The van der Waals surface area contributed by atoms with Gasteiger partial charge in [0.25, 0.3) is 0 Å². The van der Waals surface area contributed by atoms with Crippen molar-refractivity contribution in [3.05, 3.63) is 157 Å². The molecule has 2 heterocycles. The number of para-hydroxylation sites is 2. The fourth-order valence-electron chi connectivity index (χ4n) is 4.91. The Morgan fingerprint density at radius 1 is 0.857 bits per heavy atom. The number of hydrogen-bond donors (Lipinski definition) is 1. The molecule has 0 aliphatic heterocycles. The van der Waals surface area contributed by atoms with Crippen molar-refractivity contribution in [1.29, 1.82) is 0 Å². The van der Waals surface area contributed by atoms with Crippen LogP contribution in [0.4, 0.5) is 5.69 Å². The molecule has 0 saturated heterocycles. The van der Waals surface area contributed by atoms with Gasteiger partial charge < -0.3 is 14.2 Å². The maximum absolute atomic E-state index is 9.74. The molecule has 0 atom stereocenters. The molecule has 6 aromatic rings. The zero-order chi connectivity index (χ0) is 29.2. The third-order valence-electron chi connectivity index (χ3n) is 7.09. The maximum atomic E-state index is 9.74. The Bertz CT molecular complexity index is 2110. The molecular formula is C35H27Cl2N3OS. The van der Waals surface area contributed by atoms with Crippen LogP contribution < -0.4 is 14.7 Å². The van der Waals surface area contributed by atoms with Gasteiger partial charge in [-0.2, -0.15) is 0 Å². The van der Waals surface area contributed by atoms with E-state index in [9.17, 15) is 5.11 Å². The molecule has 0 saturated carbocycles. The van der Waals surface area contributed by atoms with Crippen molar-refractivity contribution in [3.8, 4) is 0 Å². The van der Waals surface area contributed by atoms with E-state index in [0.29, 0.717) is 28.7 Å². The van der Waals surface area contributed by atoms with E-state index in [4.69, 9.17) is 28.2 Å². The predicted octanol–water partition coefficient (Wildman–Crippen LogP) is 7.91. The lowest BCUT2D eigenvalue weighted by Crippen LogP contribution is -2.31. The lowest BCUT2D eigenvalue weighted by molar-refractivity contribution is 0.514. The van der Waals surface area contributed by atoms with Gasteiger partial charge in [-0.05, 0) is 47.5 Å². The monoisotopic (exact) mass is 607 g/mol. The molecule has 1 N–H and O–H groups in total. The van der Waals surface area contributed by atoms with Crippen LogP contribution in [0.25, 0.3) is 29.3 Å². The summed E-state index contributed by atoms with van der Waals surface area (Å²) in [7, 11) is 0. The first kappa shape index (κ1) is 27.9. The first-order valence-electron chi connectivity index (χ1n) is 13.3. The van der Waals surface area contributed by atoms with Gasteiger partial charge in [0.1, 0.15) is 5.76 Å². The van der Waals surface area contributed by atoms with Crippen LogP contribution in [0.2, 0.25) is 10.0 Å². The second-order valence-electron chi connectivity index (χ2n) is 9.99. The van der Waals surface area contributed by atoms with Gasteiger partial charge in [-0.15, -0.1) is 0 Å². The smallest absolute Gasteiger partial charge is 0.191 e. The summed E-state index contributed by atoms with van der Waals surface area (Å²) in [6.07, 6.45) is 4.37. The fraction of sp³-hybridized carbons (Fsp3) is 0.0571. The zero-order valence-electron chi connectivity index (χ0n) is 22.7. The van der Waals surface area contributed by atoms with Crippen molar-refractivity contribution in [3.63, 3.8) is 0 Å². The highest BCUT2D eigenvalue weighted by Crippen LogP contribution is 2.26. The lowest BCUT2D eigenvalue weighted by atomic mass is 10.1. The first-order chi connectivity index (χ1) is 20.4. The number of benzene rings is 4. The highest BCUT2D eigenvalue weighted by atomic mass is 35.5. The Hall–Kier alpha value is -4.29.